The lowest BCUT2D eigenvalue weighted by Crippen LogP contribution is -2.49. The van der Waals surface area contributed by atoms with E-state index in [9.17, 15) is 4.79 Å². The summed E-state index contributed by atoms with van der Waals surface area (Å²) in [4.78, 5) is 21.6. The van der Waals surface area contributed by atoms with Crippen molar-refractivity contribution in [3.63, 3.8) is 0 Å². The molecule has 6 nitrogen and oxygen atoms in total. The molecule has 0 aromatic carbocycles. The molecule has 0 N–H and O–H groups in total. The summed E-state index contributed by atoms with van der Waals surface area (Å²) in [7, 11) is 0. The maximum Gasteiger partial charge on any atom is 0.232 e. The van der Waals surface area contributed by atoms with Gasteiger partial charge in [-0.2, -0.15) is 0 Å². The molecule has 2 saturated heterocycles. The highest BCUT2D eigenvalue weighted by molar-refractivity contribution is 5.95. The van der Waals surface area contributed by atoms with Crippen molar-refractivity contribution < 1.29 is 13.9 Å². The van der Waals surface area contributed by atoms with Crippen LogP contribution in [0.15, 0.2) is 41.3 Å². The van der Waals surface area contributed by atoms with E-state index < -0.39 is 0 Å². The molecular weight excluding hydrogens is 318 g/mol. The molecule has 0 spiro atoms. The van der Waals surface area contributed by atoms with E-state index in [1.165, 1.54) is 0 Å². The highest BCUT2D eigenvalue weighted by Gasteiger charge is 2.39. The van der Waals surface area contributed by atoms with Crippen LogP contribution in [0, 0.1) is 12.8 Å². The minimum atomic E-state index is -0.0793. The van der Waals surface area contributed by atoms with Crippen LogP contribution >= 0.6 is 0 Å². The third kappa shape index (κ3) is 3.45. The largest absolute Gasteiger partial charge is 0.472 e. The Morgan fingerprint density at radius 3 is 2.96 bits per heavy atom. The van der Waals surface area contributed by atoms with Crippen LogP contribution in [0.5, 0.6) is 0 Å². The molecule has 1 amide bonds. The summed E-state index contributed by atoms with van der Waals surface area (Å²) in [6, 6.07) is 5.89. The number of nitrogens with zero attached hydrogens (tertiary/aromatic N) is 3. The molecule has 4 rings (SSSR count). The number of hydrogen-bond acceptors (Lipinski definition) is 5. The molecule has 2 aliphatic heterocycles. The van der Waals surface area contributed by atoms with Crippen LogP contribution < -0.4 is 4.90 Å². The molecule has 2 atom stereocenters. The number of aromatic nitrogens is 1. The molecule has 2 aromatic heterocycles. The number of furan rings is 1. The molecule has 2 aliphatic rings. The van der Waals surface area contributed by atoms with Gasteiger partial charge in [0, 0.05) is 30.9 Å². The van der Waals surface area contributed by atoms with Gasteiger partial charge in [-0.1, -0.05) is 0 Å². The van der Waals surface area contributed by atoms with E-state index in [2.05, 4.69) is 9.88 Å². The lowest BCUT2D eigenvalue weighted by molar-refractivity contribution is -0.128. The van der Waals surface area contributed by atoms with Gasteiger partial charge in [0.15, 0.2) is 0 Å². The fourth-order valence-electron chi connectivity index (χ4n) is 3.70. The van der Waals surface area contributed by atoms with Crippen molar-refractivity contribution in [2.45, 2.75) is 26.0 Å². The molecule has 0 bridgehead atoms. The van der Waals surface area contributed by atoms with E-state index >= 15 is 0 Å². The summed E-state index contributed by atoms with van der Waals surface area (Å²) in [5, 5.41) is 0. The lowest BCUT2D eigenvalue weighted by atomic mass is 9.92. The van der Waals surface area contributed by atoms with Crippen molar-refractivity contribution in [2.75, 3.05) is 31.1 Å². The summed E-state index contributed by atoms with van der Waals surface area (Å²) in [6.45, 7) is 5.59. The lowest BCUT2D eigenvalue weighted by Gasteiger charge is -2.36. The third-order valence-electron chi connectivity index (χ3n) is 5.07. The van der Waals surface area contributed by atoms with Gasteiger partial charge in [0.2, 0.25) is 5.91 Å². The second kappa shape index (κ2) is 6.98. The second-order valence-electron chi connectivity index (χ2n) is 6.82. The minimum Gasteiger partial charge on any atom is -0.472 e. The Bertz CT molecular complexity index is 714. The van der Waals surface area contributed by atoms with E-state index in [4.69, 9.17) is 9.15 Å². The number of carbonyl (C=O) groups excluding carboxylic acids is 1. The van der Waals surface area contributed by atoms with Crippen molar-refractivity contribution in [1.29, 1.82) is 0 Å². The quantitative estimate of drug-likeness (QED) is 0.857. The normalized spacial score (nSPS) is 24.8. The molecule has 132 valence electrons. The van der Waals surface area contributed by atoms with Crippen molar-refractivity contribution in [2.24, 2.45) is 5.92 Å². The standard InChI is InChI=1S/C19H23N3O3/c1-14-2-3-16(10-20-14)22-7-9-25-18-12-21(6-4-17(18)19(22)23)11-15-5-8-24-13-15/h2-3,5,8,10,13,17-18H,4,6-7,9,11-12H2,1H3/t17-,18+/m0/s1. The average Bonchev–Trinajstić information content (AvgIpc) is 3.07. The zero-order valence-electron chi connectivity index (χ0n) is 14.4. The van der Waals surface area contributed by atoms with Gasteiger partial charge in [0.25, 0.3) is 0 Å². The number of amides is 1. The highest BCUT2D eigenvalue weighted by Crippen LogP contribution is 2.28. The first kappa shape index (κ1) is 16.3. The Morgan fingerprint density at radius 1 is 1.28 bits per heavy atom. The summed E-state index contributed by atoms with van der Waals surface area (Å²) >= 11 is 0. The van der Waals surface area contributed by atoms with Gasteiger partial charge in [-0.3, -0.25) is 14.7 Å². The number of carbonyl (C=O) groups is 1. The molecule has 0 aliphatic carbocycles. The molecule has 2 fully saturated rings. The van der Waals surface area contributed by atoms with Crippen molar-refractivity contribution in [3.8, 4) is 0 Å². The SMILES string of the molecule is Cc1ccc(N2CCO[C@@H]3CN(Cc4ccoc4)CC[C@@H]3C2=O)cn1. The summed E-state index contributed by atoms with van der Waals surface area (Å²) in [5.41, 5.74) is 2.97. The van der Waals surface area contributed by atoms with E-state index in [1.54, 1.807) is 18.7 Å². The Labute approximate surface area is 147 Å². The van der Waals surface area contributed by atoms with Gasteiger partial charge < -0.3 is 14.1 Å². The van der Waals surface area contributed by atoms with Gasteiger partial charge >= 0.3 is 0 Å². The van der Waals surface area contributed by atoms with E-state index in [0.29, 0.717) is 13.2 Å². The molecule has 2 aromatic rings. The molecule has 6 heteroatoms. The topological polar surface area (TPSA) is 58.8 Å². The summed E-state index contributed by atoms with van der Waals surface area (Å²) < 4.78 is 11.2. The van der Waals surface area contributed by atoms with Crippen LogP contribution in [0.1, 0.15) is 17.7 Å². The number of ether oxygens (including phenoxy) is 1. The number of aryl methyl sites for hydroxylation is 1. The molecule has 4 heterocycles. The van der Waals surface area contributed by atoms with Crippen molar-refractivity contribution >= 4 is 11.6 Å². The number of pyridine rings is 1. The first-order valence-corrected chi connectivity index (χ1v) is 8.80. The Hall–Kier alpha value is -2.18. The third-order valence-corrected chi connectivity index (χ3v) is 5.07. The Balaban J connectivity index is 1.46. The zero-order chi connectivity index (χ0) is 17.2. The second-order valence-corrected chi connectivity index (χ2v) is 6.82. The predicted molar refractivity (Wildman–Crippen MR) is 93.2 cm³/mol. The Kier molecular flexibility index (Phi) is 4.55. The summed E-state index contributed by atoms with van der Waals surface area (Å²) in [6.07, 6.45) is 6.02. The van der Waals surface area contributed by atoms with Crippen molar-refractivity contribution in [1.82, 2.24) is 9.88 Å². The minimum absolute atomic E-state index is 0.0449. The smallest absolute Gasteiger partial charge is 0.232 e. The van der Waals surface area contributed by atoms with Gasteiger partial charge in [-0.25, -0.2) is 0 Å². The number of rotatable bonds is 3. The average molecular weight is 341 g/mol. The number of likely N-dealkylation sites (tertiary alicyclic amines) is 1. The Morgan fingerprint density at radius 2 is 2.20 bits per heavy atom. The van der Waals surface area contributed by atoms with Gasteiger partial charge in [-0.15, -0.1) is 0 Å². The fourth-order valence-corrected chi connectivity index (χ4v) is 3.70. The highest BCUT2D eigenvalue weighted by atomic mass is 16.5. The number of fused-ring (bicyclic) bond motifs is 1. The van der Waals surface area contributed by atoms with Crippen LogP contribution in [-0.2, 0) is 16.1 Å². The van der Waals surface area contributed by atoms with Crippen LogP contribution in [0.2, 0.25) is 0 Å². The number of hydrogen-bond donors (Lipinski definition) is 0. The van der Waals surface area contributed by atoms with E-state index in [0.717, 1.165) is 43.0 Å². The van der Waals surface area contributed by atoms with Gasteiger partial charge in [0.1, 0.15) is 0 Å². The first-order chi connectivity index (χ1) is 12.2. The molecule has 0 unspecified atom stereocenters. The van der Waals surface area contributed by atoms with E-state index in [-0.39, 0.29) is 17.9 Å². The maximum absolute atomic E-state index is 13.1. The predicted octanol–water partition coefficient (Wildman–Crippen LogP) is 2.24. The van der Waals surface area contributed by atoms with Gasteiger partial charge in [0.05, 0.1) is 43.0 Å². The molecule has 25 heavy (non-hydrogen) atoms. The van der Waals surface area contributed by atoms with Crippen LogP contribution in [0.4, 0.5) is 5.69 Å². The number of piperidine rings is 1. The van der Waals surface area contributed by atoms with Gasteiger partial charge in [-0.05, 0) is 38.1 Å². The van der Waals surface area contributed by atoms with Crippen LogP contribution in [0.25, 0.3) is 0 Å². The first-order valence-electron chi connectivity index (χ1n) is 8.80. The number of anilines is 1. The monoisotopic (exact) mass is 341 g/mol. The van der Waals surface area contributed by atoms with Crippen molar-refractivity contribution in [3.05, 3.63) is 48.2 Å². The molecular formula is C19H23N3O3. The summed E-state index contributed by atoms with van der Waals surface area (Å²) in [5.74, 6) is 0.0838. The van der Waals surface area contributed by atoms with Crippen LogP contribution in [-0.4, -0.2) is 48.1 Å². The fraction of sp³-hybridized carbons (Fsp3) is 0.474. The molecule has 0 radical (unpaired) electrons. The zero-order valence-corrected chi connectivity index (χ0v) is 14.4. The van der Waals surface area contributed by atoms with Crippen LogP contribution in [0.3, 0.4) is 0 Å². The molecule has 0 saturated carbocycles. The van der Waals surface area contributed by atoms with E-state index in [1.807, 2.05) is 30.0 Å². The maximum atomic E-state index is 13.1.